The first kappa shape index (κ1) is 13.5. The smallest absolute Gasteiger partial charge is 0.323 e. The second kappa shape index (κ2) is 4.99. The first-order valence-electron chi connectivity index (χ1n) is 6.21. The highest BCUT2D eigenvalue weighted by Gasteiger charge is 2.52. The Labute approximate surface area is 111 Å². The van der Waals surface area contributed by atoms with Crippen LogP contribution in [0.2, 0.25) is 0 Å². The van der Waals surface area contributed by atoms with Crippen LogP contribution in [0, 0.1) is 5.41 Å². The number of fused-ring (bicyclic) bond motifs is 1. The van der Waals surface area contributed by atoms with Gasteiger partial charge in [-0.05, 0) is 30.0 Å². The van der Waals surface area contributed by atoms with Crippen LogP contribution in [0.25, 0.3) is 0 Å². The molecule has 0 saturated heterocycles. The molecule has 5 heteroatoms. The van der Waals surface area contributed by atoms with E-state index in [4.69, 9.17) is 9.47 Å². The van der Waals surface area contributed by atoms with E-state index in [0.717, 1.165) is 23.2 Å². The Bertz CT molecular complexity index is 508. The maximum atomic E-state index is 12.0. The van der Waals surface area contributed by atoms with Crippen LogP contribution < -0.4 is 0 Å². The molecule has 5 nitrogen and oxygen atoms in total. The first-order chi connectivity index (χ1) is 9.07. The number of esters is 2. The predicted molar refractivity (Wildman–Crippen MR) is 67.5 cm³/mol. The maximum absolute atomic E-state index is 12.0. The summed E-state index contributed by atoms with van der Waals surface area (Å²) in [5, 5.41) is 0. The Morgan fingerprint density at radius 3 is 2.32 bits per heavy atom. The third kappa shape index (κ3) is 2.09. The van der Waals surface area contributed by atoms with Gasteiger partial charge in [0.25, 0.3) is 0 Å². The van der Waals surface area contributed by atoms with Crippen molar-refractivity contribution in [1.82, 2.24) is 4.98 Å². The molecule has 0 radical (unpaired) electrons. The van der Waals surface area contributed by atoms with Gasteiger partial charge in [-0.2, -0.15) is 0 Å². The number of hydrogen-bond donors (Lipinski definition) is 0. The minimum absolute atomic E-state index is 0.290. The molecule has 0 spiro atoms. The van der Waals surface area contributed by atoms with E-state index in [0.29, 0.717) is 12.8 Å². The van der Waals surface area contributed by atoms with Crippen LogP contribution in [-0.4, -0.2) is 31.1 Å². The van der Waals surface area contributed by atoms with Crippen molar-refractivity contribution in [3.8, 4) is 0 Å². The number of carbonyl (C=O) groups excluding carboxylic acids is 2. The normalized spacial score (nSPS) is 15.7. The van der Waals surface area contributed by atoms with E-state index in [1.165, 1.54) is 14.2 Å². The Morgan fingerprint density at radius 2 is 1.79 bits per heavy atom. The fourth-order valence-electron chi connectivity index (χ4n) is 2.57. The molecule has 0 aromatic carbocycles. The fraction of sp³-hybridized carbons (Fsp3) is 0.500. The van der Waals surface area contributed by atoms with Gasteiger partial charge in [0.15, 0.2) is 5.41 Å². The van der Waals surface area contributed by atoms with Gasteiger partial charge in [0, 0.05) is 18.3 Å². The summed E-state index contributed by atoms with van der Waals surface area (Å²) in [5.74, 6) is -1.10. The van der Waals surface area contributed by atoms with Gasteiger partial charge in [0.1, 0.15) is 0 Å². The highest BCUT2D eigenvalue weighted by atomic mass is 16.5. The molecular formula is C14H17NO4. The number of hydrogen-bond acceptors (Lipinski definition) is 5. The van der Waals surface area contributed by atoms with E-state index in [2.05, 4.69) is 4.98 Å². The maximum Gasteiger partial charge on any atom is 0.323 e. The van der Waals surface area contributed by atoms with Crippen LogP contribution in [0.15, 0.2) is 12.3 Å². The number of aryl methyl sites for hydroxylation is 1. The molecule has 19 heavy (non-hydrogen) atoms. The summed E-state index contributed by atoms with van der Waals surface area (Å²) in [6.45, 7) is 2.01. The van der Waals surface area contributed by atoms with E-state index in [1.807, 2.05) is 13.0 Å². The second-order valence-electron chi connectivity index (χ2n) is 4.72. The Balaban J connectivity index is 2.41. The molecule has 0 N–H and O–H groups in total. The first-order valence-corrected chi connectivity index (χ1v) is 6.21. The molecule has 1 aliphatic rings. The van der Waals surface area contributed by atoms with E-state index < -0.39 is 17.4 Å². The molecule has 0 atom stereocenters. The van der Waals surface area contributed by atoms with Crippen molar-refractivity contribution >= 4 is 11.9 Å². The fourth-order valence-corrected chi connectivity index (χ4v) is 2.57. The lowest BCUT2D eigenvalue weighted by atomic mass is 9.85. The standard InChI is InChI=1S/C14H17NO4/c1-4-11-5-9-6-14(12(16)18-2,13(17)19-3)7-10(9)8-15-11/h5,8H,4,6-7H2,1-3H3. The Morgan fingerprint density at radius 1 is 1.21 bits per heavy atom. The number of ether oxygens (including phenoxy) is 2. The van der Waals surface area contributed by atoms with Gasteiger partial charge in [-0.1, -0.05) is 6.92 Å². The molecule has 2 rings (SSSR count). The van der Waals surface area contributed by atoms with Gasteiger partial charge in [0.05, 0.1) is 14.2 Å². The summed E-state index contributed by atoms with van der Waals surface area (Å²) in [5.41, 5.74) is 1.58. The van der Waals surface area contributed by atoms with Crippen molar-refractivity contribution in [1.29, 1.82) is 0 Å². The van der Waals surface area contributed by atoms with Gasteiger partial charge >= 0.3 is 11.9 Å². The lowest BCUT2D eigenvalue weighted by Gasteiger charge is -2.22. The SMILES string of the molecule is CCc1cc2c(cn1)CC(C(=O)OC)(C(=O)OC)C2. The van der Waals surface area contributed by atoms with Crippen molar-refractivity contribution in [3.63, 3.8) is 0 Å². The monoisotopic (exact) mass is 263 g/mol. The van der Waals surface area contributed by atoms with Crippen LogP contribution in [-0.2, 0) is 38.3 Å². The molecule has 0 bridgehead atoms. The van der Waals surface area contributed by atoms with E-state index >= 15 is 0 Å². The highest BCUT2D eigenvalue weighted by Crippen LogP contribution is 2.39. The molecule has 1 aliphatic carbocycles. The molecule has 1 heterocycles. The van der Waals surface area contributed by atoms with Crippen molar-refractivity contribution in [2.75, 3.05) is 14.2 Å². The second-order valence-corrected chi connectivity index (χ2v) is 4.72. The number of rotatable bonds is 3. The van der Waals surface area contributed by atoms with Crippen LogP contribution >= 0.6 is 0 Å². The van der Waals surface area contributed by atoms with Crippen LogP contribution in [0.3, 0.4) is 0 Å². The van der Waals surface area contributed by atoms with E-state index in [9.17, 15) is 9.59 Å². The molecule has 0 aliphatic heterocycles. The summed E-state index contributed by atoms with van der Waals surface area (Å²) >= 11 is 0. The lowest BCUT2D eigenvalue weighted by molar-refractivity contribution is -0.168. The molecule has 0 amide bonds. The molecule has 1 aromatic rings. The zero-order valence-corrected chi connectivity index (χ0v) is 11.4. The largest absolute Gasteiger partial charge is 0.468 e. The summed E-state index contributed by atoms with van der Waals surface area (Å²) in [6.07, 6.45) is 3.16. The van der Waals surface area contributed by atoms with Crippen LogP contribution in [0.5, 0.6) is 0 Å². The number of methoxy groups -OCH3 is 2. The predicted octanol–water partition coefficient (Wildman–Crippen LogP) is 1.07. The van der Waals surface area contributed by atoms with Crippen molar-refractivity contribution in [3.05, 3.63) is 29.1 Å². The van der Waals surface area contributed by atoms with Crippen LogP contribution in [0.4, 0.5) is 0 Å². The molecule has 0 fully saturated rings. The topological polar surface area (TPSA) is 65.5 Å². The average Bonchev–Trinajstić information content (AvgIpc) is 2.84. The van der Waals surface area contributed by atoms with Gasteiger partial charge < -0.3 is 9.47 Å². The number of carbonyl (C=O) groups is 2. The number of aromatic nitrogens is 1. The third-order valence-corrected chi connectivity index (χ3v) is 3.64. The minimum Gasteiger partial charge on any atom is -0.468 e. The number of pyridine rings is 1. The Hall–Kier alpha value is -1.91. The van der Waals surface area contributed by atoms with Crippen molar-refractivity contribution in [2.24, 2.45) is 5.41 Å². The summed E-state index contributed by atoms with van der Waals surface area (Å²) in [6, 6.07) is 1.95. The summed E-state index contributed by atoms with van der Waals surface area (Å²) in [7, 11) is 2.57. The zero-order chi connectivity index (χ0) is 14.0. The van der Waals surface area contributed by atoms with E-state index in [1.54, 1.807) is 6.20 Å². The third-order valence-electron chi connectivity index (χ3n) is 3.64. The summed E-state index contributed by atoms with van der Waals surface area (Å²) in [4.78, 5) is 28.3. The van der Waals surface area contributed by atoms with Gasteiger partial charge in [0.2, 0.25) is 0 Å². The van der Waals surface area contributed by atoms with Gasteiger partial charge in [-0.3, -0.25) is 14.6 Å². The molecular weight excluding hydrogens is 246 g/mol. The molecule has 0 saturated carbocycles. The highest BCUT2D eigenvalue weighted by molar-refractivity contribution is 6.01. The van der Waals surface area contributed by atoms with E-state index in [-0.39, 0.29) is 0 Å². The quantitative estimate of drug-likeness (QED) is 0.603. The van der Waals surface area contributed by atoms with Gasteiger partial charge in [-0.25, -0.2) is 0 Å². The summed E-state index contributed by atoms with van der Waals surface area (Å²) < 4.78 is 9.58. The Kier molecular flexibility index (Phi) is 3.55. The zero-order valence-electron chi connectivity index (χ0n) is 11.4. The van der Waals surface area contributed by atoms with Crippen molar-refractivity contribution in [2.45, 2.75) is 26.2 Å². The van der Waals surface area contributed by atoms with Crippen LogP contribution in [0.1, 0.15) is 23.7 Å². The lowest BCUT2D eigenvalue weighted by Crippen LogP contribution is -2.42. The minimum atomic E-state index is -1.25. The molecule has 1 aromatic heterocycles. The molecule has 0 unspecified atom stereocenters. The average molecular weight is 263 g/mol. The number of nitrogens with zero attached hydrogens (tertiary/aromatic N) is 1. The van der Waals surface area contributed by atoms with Gasteiger partial charge in [-0.15, -0.1) is 0 Å². The molecule has 102 valence electrons. The van der Waals surface area contributed by atoms with Crippen molar-refractivity contribution < 1.29 is 19.1 Å².